The Balaban J connectivity index is 1.79. The number of para-hydroxylation sites is 2. The van der Waals surface area contributed by atoms with Gasteiger partial charge < -0.3 is 15.2 Å². The number of nitrogens with zero attached hydrogens (tertiary/aromatic N) is 2. The Morgan fingerprint density at radius 1 is 1.03 bits per heavy atom. The monoisotopic (exact) mass is 443 g/mol. The quantitative estimate of drug-likeness (QED) is 0.313. The Kier molecular flexibility index (Phi) is 6.31. The van der Waals surface area contributed by atoms with Crippen LogP contribution in [0.5, 0.6) is 11.5 Å². The van der Waals surface area contributed by atoms with Crippen LogP contribution in [0.15, 0.2) is 83.0 Å². The minimum Gasteiger partial charge on any atom is -0.505 e. The van der Waals surface area contributed by atoms with E-state index in [0.717, 1.165) is 5.56 Å². The van der Waals surface area contributed by atoms with Crippen LogP contribution in [0.4, 0.5) is 21.5 Å². The maximum Gasteiger partial charge on any atom is 0.259 e. The first-order valence-electron chi connectivity index (χ1n) is 10.4. The van der Waals surface area contributed by atoms with Gasteiger partial charge in [-0.05, 0) is 49.6 Å². The van der Waals surface area contributed by atoms with Crippen molar-refractivity contribution in [3.63, 3.8) is 0 Å². The van der Waals surface area contributed by atoms with Crippen LogP contribution in [0.1, 0.15) is 22.8 Å². The van der Waals surface area contributed by atoms with Gasteiger partial charge in [-0.15, -0.1) is 5.11 Å². The van der Waals surface area contributed by atoms with Gasteiger partial charge >= 0.3 is 0 Å². The lowest BCUT2D eigenvalue weighted by Crippen LogP contribution is -2.13. The molecule has 4 aromatic carbocycles. The first-order valence-corrected chi connectivity index (χ1v) is 10.4. The minimum absolute atomic E-state index is 0.0348. The number of nitrogens with one attached hydrogen (secondary N) is 1. The van der Waals surface area contributed by atoms with Crippen LogP contribution in [0.25, 0.3) is 10.8 Å². The first kappa shape index (κ1) is 22.0. The van der Waals surface area contributed by atoms with Gasteiger partial charge in [0.25, 0.3) is 5.91 Å². The highest BCUT2D eigenvalue weighted by Crippen LogP contribution is 2.40. The molecule has 4 rings (SSSR count). The number of phenolic OH excluding ortho intramolecular Hbond substituents is 1. The molecule has 0 radical (unpaired) electrons. The summed E-state index contributed by atoms with van der Waals surface area (Å²) in [6.07, 6.45) is 0. The largest absolute Gasteiger partial charge is 0.505 e. The SMILES string of the molecule is CCOc1ccccc1NC(=O)c1cc2cc(C)ccc2c(N=Nc2cccc(F)c2)c1O. The smallest absolute Gasteiger partial charge is 0.259 e. The van der Waals surface area contributed by atoms with E-state index in [4.69, 9.17) is 4.74 Å². The van der Waals surface area contributed by atoms with E-state index in [1.807, 2.05) is 32.0 Å². The molecular formula is C26H22FN3O3. The number of hydrogen-bond acceptors (Lipinski definition) is 5. The van der Waals surface area contributed by atoms with E-state index in [-0.39, 0.29) is 22.7 Å². The average Bonchev–Trinajstić information content (AvgIpc) is 2.79. The molecule has 1 amide bonds. The highest BCUT2D eigenvalue weighted by molar-refractivity contribution is 6.12. The van der Waals surface area contributed by atoms with Gasteiger partial charge in [0.05, 0.1) is 23.5 Å². The van der Waals surface area contributed by atoms with E-state index in [2.05, 4.69) is 15.5 Å². The zero-order chi connectivity index (χ0) is 23.4. The summed E-state index contributed by atoms with van der Waals surface area (Å²) in [6.45, 7) is 4.22. The molecule has 0 bridgehead atoms. The van der Waals surface area contributed by atoms with E-state index in [9.17, 15) is 14.3 Å². The number of amides is 1. The maximum absolute atomic E-state index is 13.5. The van der Waals surface area contributed by atoms with E-state index in [1.165, 1.54) is 18.2 Å². The minimum atomic E-state index is -0.523. The number of carbonyl (C=O) groups is 1. The Morgan fingerprint density at radius 2 is 1.85 bits per heavy atom. The number of halogens is 1. The van der Waals surface area contributed by atoms with E-state index in [1.54, 1.807) is 36.4 Å². The highest BCUT2D eigenvalue weighted by atomic mass is 19.1. The number of hydrogen-bond donors (Lipinski definition) is 2. The van der Waals surface area contributed by atoms with E-state index in [0.29, 0.717) is 28.8 Å². The van der Waals surface area contributed by atoms with E-state index < -0.39 is 11.7 Å². The van der Waals surface area contributed by atoms with Crippen molar-refractivity contribution in [3.8, 4) is 11.5 Å². The van der Waals surface area contributed by atoms with Crippen LogP contribution in [0, 0.1) is 12.7 Å². The summed E-state index contributed by atoms with van der Waals surface area (Å²) in [5.41, 5.74) is 1.91. The molecule has 7 heteroatoms. The number of rotatable bonds is 6. The number of carbonyl (C=O) groups excluding carboxylic acids is 1. The predicted molar refractivity (Wildman–Crippen MR) is 126 cm³/mol. The molecule has 0 fully saturated rings. The van der Waals surface area contributed by atoms with Gasteiger partial charge in [0, 0.05) is 11.5 Å². The summed E-state index contributed by atoms with van der Waals surface area (Å²) in [6, 6.07) is 19.9. The van der Waals surface area contributed by atoms with Crippen molar-refractivity contribution in [2.24, 2.45) is 10.2 Å². The van der Waals surface area contributed by atoms with Crippen molar-refractivity contribution >= 4 is 33.7 Å². The Morgan fingerprint density at radius 3 is 2.64 bits per heavy atom. The second-order valence-electron chi connectivity index (χ2n) is 7.41. The maximum atomic E-state index is 13.5. The third kappa shape index (κ3) is 4.82. The van der Waals surface area contributed by atoms with Crippen LogP contribution in [0.2, 0.25) is 0 Å². The van der Waals surface area contributed by atoms with Crippen molar-refractivity contribution in [1.82, 2.24) is 0 Å². The molecule has 0 unspecified atom stereocenters. The van der Waals surface area contributed by atoms with E-state index >= 15 is 0 Å². The van der Waals surface area contributed by atoms with Crippen LogP contribution in [0.3, 0.4) is 0 Å². The third-order valence-electron chi connectivity index (χ3n) is 4.99. The standard InChI is InChI=1S/C26H22FN3O3/c1-3-33-23-10-5-4-9-22(23)28-26(32)21-14-17-13-16(2)11-12-20(17)24(25(21)31)30-29-19-8-6-7-18(27)15-19/h4-15,31H,3H2,1-2H3,(H,28,32). The molecule has 33 heavy (non-hydrogen) atoms. The van der Waals surface area contributed by atoms with Gasteiger partial charge in [-0.2, -0.15) is 5.11 Å². The molecule has 0 saturated carbocycles. The second kappa shape index (κ2) is 9.48. The molecule has 0 atom stereocenters. The Labute approximate surface area is 190 Å². The van der Waals surface area contributed by atoms with Gasteiger partial charge in [0.15, 0.2) is 5.75 Å². The molecule has 0 spiro atoms. The molecule has 0 saturated heterocycles. The first-order chi connectivity index (χ1) is 16.0. The molecule has 0 heterocycles. The normalized spacial score (nSPS) is 11.1. The number of benzene rings is 4. The lowest BCUT2D eigenvalue weighted by molar-refractivity contribution is 0.102. The van der Waals surface area contributed by atoms with Crippen LogP contribution < -0.4 is 10.1 Å². The van der Waals surface area contributed by atoms with Crippen molar-refractivity contribution in [2.45, 2.75) is 13.8 Å². The second-order valence-corrected chi connectivity index (χ2v) is 7.41. The fourth-order valence-corrected chi connectivity index (χ4v) is 3.46. The summed E-state index contributed by atoms with van der Waals surface area (Å²) >= 11 is 0. The fraction of sp³-hybridized carbons (Fsp3) is 0.115. The molecular weight excluding hydrogens is 421 g/mol. The average molecular weight is 443 g/mol. The summed E-state index contributed by atoms with van der Waals surface area (Å²) < 4.78 is 19.1. The summed E-state index contributed by atoms with van der Waals surface area (Å²) in [5, 5.41) is 23.4. The number of anilines is 1. The summed E-state index contributed by atoms with van der Waals surface area (Å²) in [7, 11) is 0. The molecule has 0 aromatic heterocycles. The summed E-state index contributed by atoms with van der Waals surface area (Å²) in [4.78, 5) is 13.1. The zero-order valence-corrected chi connectivity index (χ0v) is 18.2. The highest BCUT2D eigenvalue weighted by Gasteiger charge is 2.20. The summed E-state index contributed by atoms with van der Waals surface area (Å²) in [5.74, 6) is -0.768. The molecule has 0 aliphatic carbocycles. The van der Waals surface area contributed by atoms with Crippen molar-refractivity contribution < 1.29 is 19.0 Å². The predicted octanol–water partition coefficient (Wildman–Crippen LogP) is 7.06. The van der Waals surface area contributed by atoms with Crippen molar-refractivity contribution in [2.75, 3.05) is 11.9 Å². The topological polar surface area (TPSA) is 83.3 Å². The molecule has 6 nitrogen and oxygen atoms in total. The molecule has 4 aromatic rings. The number of aromatic hydroxyl groups is 1. The Hall–Kier alpha value is -4.26. The molecule has 0 aliphatic heterocycles. The van der Waals surface area contributed by atoms with Crippen molar-refractivity contribution in [1.29, 1.82) is 0 Å². The van der Waals surface area contributed by atoms with Crippen LogP contribution in [-0.4, -0.2) is 17.6 Å². The number of ether oxygens (including phenoxy) is 1. The Bertz CT molecular complexity index is 1370. The van der Waals surface area contributed by atoms with Gasteiger partial charge in [0.2, 0.25) is 0 Å². The van der Waals surface area contributed by atoms with Crippen molar-refractivity contribution in [3.05, 3.63) is 89.7 Å². The van der Waals surface area contributed by atoms with Crippen LogP contribution >= 0.6 is 0 Å². The number of fused-ring (bicyclic) bond motifs is 1. The van der Waals surface area contributed by atoms with Crippen LogP contribution in [-0.2, 0) is 0 Å². The number of aryl methyl sites for hydroxylation is 1. The molecule has 0 aliphatic rings. The fourth-order valence-electron chi connectivity index (χ4n) is 3.46. The van der Waals surface area contributed by atoms with Gasteiger partial charge in [-0.1, -0.05) is 42.0 Å². The number of azo groups is 1. The number of phenols is 1. The van der Waals surface area contributed by atoms with Gasteiger partial charge in [0.1, 0.15) is 17.3 Å². The van der Waals surface area contributed by atoms with Gasteiger partial charge in [-0.25, -0.2) is 4.39 Å². The lowest BCUT2D eigenvalue weighted by atomic mass is 10.0. The zero-order valence-electron chi connectivity index (χ0n) is 18.2. The third-order valence-corrected chi connectivity index (χ3v) is 4.99. The molecule has 166 valence electrons. The van der Waals surface area contributed by atoms with Gasteiger partial charge in [-0.3, -0.25) is 4.79 Å². The molecule has 2 N–H and O–H groups in total. The lowest BCUT2D eigenvalue weighted by Gasteiger charge is -2.14.